The van der Waals surface area contributed by atoms with E-state index < -0.39 is 24.0 Å². The summed E-state index contributed by atoms with van der Waals surface area (Å²) in [6.45, 7) is 0. The fourth-order valence-corrected chi connectivity index (χ4v) is 2.18. The molecule has 0 atom stereocenters. The number of anilines is 2. The molecule has 0 aliphatic heterocycles. The number of hydrogen-bond acceptors (Lipinski definition) is 5. The summed E-state index contributed by atoms with van der Waals surface area (Å²) >= 11 is 0. The maximum Gasteiger partial charge on any atom is 0.573 e. The molecule has 1 N–H and O–H groups in total. The summed E-state index contributed by atoms with van der Waals surface area (Å²) in [6.07, 6.45) is -8.29. The molecule has 0 spiro atoms. The highest BCUT2D eigenvalue weighted by molar-refractivity contribution is 5.61. The molecule has 28 heavy (non-hydrogen) atoms. The van der Waals surface area contributed by atoms with Crippen molar-refractivity contribution in [2.45, 2.75) is 12.5 Å². The van der Waals surface area contributed by atoms with Crippen molar-refractivity contribution < 1.29 is 31.1 Å². The first-order valence-corrected chi connectivity index (χ1v) is 7.61. The lowest BCUT2D eigenvalue weighted by Crippen LogP contribution is -2.17. The third-order valence-corrected chi connectivity index (χ3v) is 3.25. The predicted molar refractivity (Wildman–Crippen MR) is 86.7 cm³/mol. The lowest BCUT2D eigenvalue weighted by Gasteiger charge is -2.13. The van der Waals surface area contributed by atoms with Crippen LogP contribution in [0.25, 0.3) is 11.5 Å². The molecule has 5 nitrogen and oxygen atoms in total. The highest BCUT2D eigenvalue weighted by Gasteiger charge is 2.34. The van der Waals surface area contributed by atoms with Crippen molar-refractivity contribution >= 4 is 11.5 Å². The van der Waals surface area contributed by atoms with Gasteiger partial charge in [-0.2, -0.15) is 13.2 Å². The monoisotopic (exact) mass is 400 g/mol. The molecule has 2 heterocycles. The van der Waals surface area contributed by atoms with Gasteiger partial charge >= 0.3 is 12.5 Å². The molecule has 1 aromatic carbocycles. The molecule has 11 heteroatoms. The molecule has 0 bridgehead atoms. The van der Waals surface area contributed by atoms with Gasteiger partial charge in [-0.05, 0) is 24.3 Å². The van der Waals surface area contributed by atoms with Crippen LogP contribution in [0.2, 0.25) is 0 Å². The molecule has 0 amide bonds. The number of alkyl halides is 6. The van der Waals surface area contributed by atoms with Crippen molar-refractivity contribution in [3.8, 4) is 17.3 Å². The maximum atomic E-state index is 13.2. The first-order valence-electron chi connectivity index (χ1n) is 7.61. The molecule has 3 rings (SSSR count). The van der Waals surface area contributed by atoms with E-state index >= 15 is 0 Å². The van der Waals surface area contributed by atoms with Crippen LogP contribution < -0.4 is 10.1 Å². The van der Waals surface area contributed by atoms with Crippen molar-refractivity contribution in [3.63, 3.8) is 0 Å². The van der Waals surface area contributed by atoms with E-state index in [1.807, 2.05) is 0 Å². The van der Waals surface area contributed by atoms with Crippen molar-refractivity contribution in [1.82, 2.24) is 15.0 Å². The molecule has 0 saturated heterocycles. The van der Waals surface area contributed by atoms with E-state index in [1.165, 1.54) is 24.4 Å². The summed E-state index contributed by atoms with van der Waals surface area (Å²) in [5, 5.41) is 2.53. The first kappa shape index (κ1) is 19.4. The highest BCUT2D eigenvalue weighted by Crippen LogP contribution is 2.32. The molecule has 3 aromatic rings. The number of ether oxygens (including phenoxy) is 1. The van der Waals surface area contributed by atoms with Crippen molar-refractivity contribution in [2.24, 2.45) is 0 Å². The molecule has 0 saturated carbocycles. The third-order valence-electron chi connectivity index (χ3n) is 3.25. The number of rotatable bonds is 4. The van der Waals surface area contributed by atoms with Crippen LogP contribution in [0, 0.1) is 0 Å². The van der Waals surface area contributed by atoms with Crippen molar-refractivity contribution in [1.29, 1.82) is 0 Å². The van der Waals surface area contributed by atoms with E-state index in [-0.39, 0.29) is 23.0 Å². The lowest BCUT2D eigenvalue weighted by atomic mass is 10.2. The summed E-state index contributed by atoms with van der Waals surface area (Å²) in [6, 6.07) is 9.82. The molecule has 0 aliphatic carbocycles. The molecular formula is C17H10F6N4O. The second kappa shape index (κ2) is 7.33. The SMILES string of the molecule is FC(F)(F)Oc1cccc(Nc2cc(C(F)(F)F)nc(-c3ccccn3)n2)c1. The van der Waals surface area contributed by atoms with Gasteiger partial charge in [-0.3, -0.25) is 4.98 Å². The number of benzene rings is 1. The van der Waals surface area contributed by atoms with Gasteiger partial charge in [0.2, 0.25) is 0 Å². The Morgan fingerprint density at radius 1 is 0.857 bits per heavy atom. The van der Waals surface area contributed by atoms with Crippen LogP contribution >= 0.6 is 0 Å². The second-order valence-electron chi connectivity index (χ2n) is 5.38. The minimum absolute atomic E-state index is 0.0422. The van der Waals surface area contributed by atoms with Crippen LogP contribution in [0.4, 0.5) is 37.8 Å². The summed E-state index contributed by atoms with van der Waals surface area (Å²) in [5.74, 6) is -1.10. The summed E-state index contributed by atoms with van der Waals surface area (Å²) < 4.78 is 80.3. The van der Waals surface area contributed by atoms with Gasteiger partial charge in [0.15, 0.2) is 11.5 Å². The third kappa shape index (κ3) is 5.09. The number of nitrogens with one attached hydrogen (secondary N) is 1. The Hall–Kier alpha value is -3.37. The van der Waals surface area contributed by atoms with Crippen LogP contribution in [0.3, 0.4) is 0 Å². The largest absolute Gasteiger partial charge is 0.573 e. The van der Waals surface area contributed by atoms with E-state index in [9.17, 15) is 26.3 Å². The number of hydrogen-bond donors (Lipinski definition) is 1. The van der Waals surface area contributed by atoms with Crippen molar-refractivity contribution in [2.75, 3.05) is 5.32 Å². The van der Waals surface area contributed by atoms with Gasteiger partial charge in [0.05, 0.1) is 0 Å². The first-order chi connectivity index (χ1) is 13.1. The van der Waals surface area contributed by atoms with Gasteiger partial charge in [0.25, 0.3) is 0 Å². The Morgan fingerprint density at radius 3 is 2.29 bits per heavy atom. The van der Waals surface area contributed by atoms with Gasteiger partial charge in [0, 0.05) is 24.0 Å². The van der Waals surface area contributed by atoms with Crippen LogP contribution in [0.15, 0.2) is 54.7 Å². The van der Waals surface area contributed by atoms with Gasteiger partial charge in [-0.15, -0.1) is 13.2 Å². The zero-order chi connectivity index (χ0) is 20.4. The molecular weight excluding hydrogens is 390 g/mol. The zero-order valence-electron chi connectivity index (χ0n) is 13.7. The highest BCUT2D eigenvalue weighted by atomic mass is 19.4. The van der Waals surface area contributed by atoms with Crippen LogP contribution in [-0.4, -0.2) is 21.3 Å². The van der Waals surface area contributed by atoms with Crippen molar-refractivity contribution in [3.05, 3.63) is 60.4 Å². The van der Waals surface area contributed by atoms with Crippen LogP contribution in [0.1, 0.15) is 5.69 Å². The maximum absolute atomic E-state index is 13.2. The quantitative estimate of drug-likeness (QED) is 0.610. The number of aromatic nitrogens is 3. The lowest BCUT2D eigenvalue weighted by molar-refractivity contribution is -0.274. The van der Waals surface area contributed by atoms with Gasteiger partial charge in [0.1, 0.15) is 17.3 Å². The van der Waals surface area contributed by atoms with E-state index in [0.29, 0.717) is 6.07 Å². The predicted octanol–water partition coefficient (Wildman–Crippen LogP) is 5.20. The zero-order valence-corrected chi connectivity index (χ0v) is 13.7. The molecule has 0 radical (unpaired) electrons. The van der Waals surface area contributed by atoms with E-state index in [1.54, 1.807) is 12.1 Å². The molecule has 2 aromatic heterocycles. The fraction of sp³-hybridized carbons (Fsp3) is 0.118. The Labute approximate surface area is 154 Å². The standard InChI is InChI=1S/C17H10F6N4O/c18-16(19,20)13-9-14(27-15(26-13)12-6-1-2-7-24-12)25-10-4-3-5-11(8-10)28-17(21,22)23/h1-9H,(H,25,26,27). The minimum atomic E-state index is -4.90. The summed E-state index contributed by atoms with van der Waals surface area (Å²) in [7, 11) is 0. The molecule has 0 fully saturated rings. The van der Waals surface area contributed by atoms with E-state index in [0.717, 1.165) is 12.1 Å². The minimum Gasteiger partial charge on any atom is -0.406 e. The van der Waals surface area contributed by atoms with Crippen LogP contribution in [0.5, 0.6) is 5.75 Å². The normalized spacial score (nSPS) is 11.9. The smallest absolute Gasteiger partial charge is 0.406 e. The Bertz CT molecular complexity index is 960. The molecule has 146 valence electrons. The van der Waals surface area contributed by atoms with Crippen LogP contribution in [-0.2, 0) is 6.18 Å². The van der Waals surface area contributed by atoms with E-state index in [2.05, 4.69) is 25.0 Å². The van der Waals surface area contributed by atoms with Gasteiger partial charge < -0.3 is 10.1 Å². The Morgan fingerprint density at radius 2 is 1.64 bits per heavy atom. The summed E-state index contributed by atoms with van der Waals surface area (Å²) in [5.41, 5.74) is -1.08. The molecule has 0 aliphatic rings. The number of halogens is 6. The molecule has 0 unspecified atom stereocenters. The van der Waals surface area contributed by atoms with Gasteiger partial charge in [-0.25, -0.2) is 9.97 Å². The number of pyridine rings is 1. The topological polar surface area (TPSA) is 59.9 Å². The number of nitrogens with zero attached hydrogens (tertiary/aromatic N) is 3. The average molecular weight is 400 g/mol. The van der Waals surface area contributed by atoms with Gasteiger partial charge in [-0.1, -0.05) is 12.1 Å². The Balaban J connectivity index is 1.97. The summed E-state index contributed by atoms with van der Waals surface area (Å²) in [4.78, 5) is 11.3. The van der Waals surface area contributed by atoms with E-state index in [4.69, 9.17) is 0 Å². The average Bonchev–Trinajstić information content (AvgIpc) is 2.60. The second-order valence-corrected chi connectivity index (χ2v) is 5.38. The Kier molecular flexibility index (Phi) is 5.08. The fourth-order valence-electron chi connectivity index (χ4n) is 2.18.